The molecule has 0 aromatic heterocycles. The number of ketones is 1. The van der Waals surface area contributed by atoms with E-state index in [1.165, 1.54) is 12.0 Å². The van der Waals surface area contributed by atoms with Crippen molar-refractivity contribution in [2.45, 2.75) is 69.3 Å². The Morgan fingerprint density at radius 1 is 1.10 bits per heavy atom. The lowest BCUT2D eigenvalue weighted by Crippen LogP contribution is -2.37. The van der Waals surface area contributed by atoms with E-state index in [0.29, 0.717) is 24.5 Å². The van der Waals surface area contributed by atoms with Gasteiger partial charge in [0.1, 0.15) is 5.78 Å². The van der Waals surface area contributed by atoms with Crippen molar-refractivity contribution >= 4 is 5.78 Å². The molecule has 3 rings (SSSR count). The summed E-state index contributed by atoms with van der Waals surface area (Å²) in [4.78, 5) is 12.3. The van der Waals surface area contributed by atoms with E-state index in [1.807, 2.05) is 6.07 Å². The third-order valence-electron chi connectivity index (χ3n) is 5.45. The molecule has 1 aromatic carbocycles. The van der Waals surface area contributed by atoms with Crippen LogP contribution < -0.4 is 0 Å². The van der Waals surface area contributed by atoms with Crippen LogP contribution in [0.4, 0.5) is 0 Å². The zero-order valence-corrected chi connectivity index (χ0v) is 12.8. The molecule has 0 amide bonds. The van der Waals surface area contributed by atoms with Gasteiger partial charge in [-0.3, -0.25) is 4.79 Å². The molecule has 2 aliphatic carbocycles. The van der Waals surface area contributed by atoms with Crippen LogP contribution in [0, 0.1) is 5.92 Å². The van der Waals surface area contributed by atoms with E-state index in [1.54, 1.807) is 0 Å². The molecule has 2 aliphatic rings. The Morgan fingerprint density at radius 2 is 1.81 bits per heavy atom. The summed E-state index contributed by atoms with van der Waals surface area (Å²) in [6.45, 7) is 0. The molecule has 0 bridgehead atoms. The Balaban J connectivity index is 1.67. The minimum atomic E-state index is -0.572. The lowest BCUT2D eigenvalue weighted by atomic mass is 9.70. The summed E-state index contributed by atoms with van der Waals surface area (Å²) in [5, 5.41) is 10.7. The summed E-state index contributed by atoms with van der Waals surface area (Å²) in [5.74, 6) is 0.925. The predicted octanol–water partition coefficient (Wildman–Crippen LogP) is 4.22. The number of carbonyl (C=O) groups is 1. The fourth-order valence-electron chi connectivity index (χ4n) is 4.21. The molecule has 2 nitrogen and oxygen atoms in total. The van der Waals surface area contributed by atoms with E-state index < -0.39 is 5.60 Å². The number of carbonyl (C=O) groups excluding carboxylic acids is 1. The molecule has 114 valence electrons. The van der Waals surface area contributed by atoms with Crippen LogP contribution in [0.2, 0.25) is 0 Å². The van der Waals surface area contributed by atoms with E-state index in [9.17, 15) is 9.90 Å². The van der Waals surface area contributed by atoms with Gasteiger partial charge >= 0.3 is 0 Å². The average Bonchev–Trinajstić information content (AvgIpc) is 2.51. The van der Waals surface area contributed by atoms with Crippen LogP contribution in [-0.2, 0) is 4.79 Å². The first-order chi connectivity index (χ1) is 10.2. The standard InChI is InChI=1S/C19H26O2/c20-18-10-9-16(15-7-3-1-4-8-15)13-17(18)14-19(21)11-5-2-6-12-19/h1,3-4,7-8,16-17,21H,2,5-6,9-14H2. The highest BCUT2D eigenvalue weighted by molar-refractivity contribution is 5.82. The molecule has 21 heavy (non-hydrogen) atoms. The van der Waals surface area contributed by atoms with E-state index in [-0.39, 0.29) is 5.92 Å². The summed E-state index contributed by atoms with van der Waals surface area (Å²) < 4.78 is 0. The third-order valence-corrected chi connectivity index (χ3v) is 5.45. The van der Waals surface area contributed by atoms with Crippen LogP contribution in [0.5, 0.6) is 0 Å². The largest absolute Gasteiger partial charge is 0.390 e. The summed E-state index contributed by atoms with van der Waals surface area (Å²) in [6, 6.07) is 10.5. The molecule has 2 unspecified atom stereocenters. The van der Waals surface area contributed by atoms with E-state index in [0.717, 1.165) is 38.5 Å². The number of hydrogen-bond donors (Lipinski definition) is 1. The molecular formula is C19H26O2. The quantitative estimate of drug-likeness (QED) is 0.903. The first kappa shape index (κ1) is 14.8. The second-order valence-corrected chi connectivity index (χ2v) is 7.03. The molecule has 2 heteroatoms. The van der Waals surface area contributed by atoms with Crippen molar-refractivity contribution in [2.24, 2.45) is 5.92 Å². The Morgan fingerprint density at radius 3 is 2.52 bits per heavy atom. The van der Waals surface area contributed by atoms with Gasteiger partial charge in [-0.1, -0.05) is 49.6 Å². The number of aliphatic hydroxyl groups is 1. The van der Waals surface area contributed by atoms with Crippen molar-refractivity contribution in [1.82, 2.24) is 0 Å². The van der Waals surface area contributed by atoms with Gasteiger partial charge in [0.05, 0.1) is 5.60 Å². The number of hydrogen-bond acceptors (Lipinski definition) is 2. The Kier molecular flexibility index (Phi) is 4.44. The van der Waals surface area contributed by atoms with Crippen molar-refractivity contribution in [2.75, 3.05) is 0 Å². The maximum atomic E-state index is 12.3. The maximum absolute atomic E-state index is 12.3. The number of rotatable bonds is 3. The van der Waals surface area contributed by atoms with E-state index in [2.05, 4.69) is 24.3 Å². The van der Waals surface area contributed by atoms with E-state index in [4.69, 9.17) is 0 Å². The van der Waals surface area contributed by atoms with Crippen LogP contribution in [-0.4, -0.2) is 16.5 Å². The van der Waals surface area contributed by atoms with Gasteiger partial charge in [-0.2, -0.15) is 0 Å². The molecule has 0 radical (unpaired) electrons. The summed E-state index contributed by atoms with van der Waals surface area (Å²) in [7, 11) is 0. The normalized spacial score (nSPS) is 29.3. The van der Waals surface area contributed by atoms with Gasteiger partial charge < -0.3 is 5.11 Å². The zero-order valence-electron chi connectivity index (χ0n) is 12.8. The Labute approximate surface area is 127 Å². The van der Waals surface area contributed by atoms with Gasteiger partial charge in [0.15, 0.2) is 0 Å². The van der Waals surface area contributed by atoms with Gasteiger partial charge in [0.2, 0.25) is 0 Å². The van der Waals surface area contributed by atoms with Crippen LogP contribution in [0.25, 0.3) is 0 Å². The van der Waals surface area contributed by atoms with Crippen molar-refractivity contribution in [3.05, 3.63) is 35.9 Å². The number of benzene rings is 1. The molecule has 1 N–H and O–H groups in total. The van der Waals surface area contributed by atoms with Gasteiger partial charge in [-0.25, -0.2) is 0 Å². The molecule has 0 aliphatic heterocycles. The van der Waals surface area contributed by atoms with Crippen LogP contribution in [0.15, 0.2) is 30.3 Å². The SMILES string of the molecule is O=C1CCC(c2ccccc2)CC1CC1(O)CCCCC1. The Bertz CT molecular complexity index is 474. The highest BCUT2D eigenvalue weighted by atomic mass is 16.3. The second-order valence-electron chi connectivity index (χ2n) is 7.03. The van der Waals surface area contributed by atoms with Gasteiger partial charge in [0.25, 0.3) is 0 Å². The van der Waals surface area contributed by atoms with Crippen molar-refractivity contribution in [3.63, 3.8) is 0 Å². The zero-order chi connectivity index (χ0) is 14.7. The average molecular weight is 286 g/mol. The number of Topliss-reactive ketones (excluding diaryl/α,β-unsaturated/α-hetero) is 1. The molecule has 1 aromatic rings. The fourth-order valence-corrected chi connectivity index (χ4v) is 4.21. The molecule has 0 saturated heterocycles. The molecule has 0 heterocycles. The summed E-state index contributed by atoms with van der Waals surface area (Å²) in [5.41, 5.74) is 0.780. The highest BCUT2D eigenvalue weighted by Crippen LogP contribution is 2.41. The third kappa shape index (κ3) is 3.55. The van der Waals surface area contributed by atoms with Crippen LogP contribution >= 0.6 is 0 Å². The minimum absolute atomic E-state index is 0.0621. The second kappa shape index (κ2) is 6.31. The molecule has 0 spiro atoms. The van der Waals surface area contributed by atoms with E-state index >= 15 is 0 Å². The monoisotopic (exact) mass is 286 g/mol. The van der Waals surface area contributed by atoms with Crippen molar-refractivity contribution < 1.29 is 9.90 Å². The molecule has 2 atom stereocenters. The maximum Gasteiger partial charge on any atom is 0.136 e. The summed E-state index contributed by atoms with van der Waals surface area (Å²) in [6.07, 6.45) is 8.48. The van der Waals surface area contributed by atoms with Crippen LogP contribution in [0.1, 0.15) is 69.3 Å². The summed E-state index contributed by atoms with van der Waals surface area (Å²) >= 11 is 0. The van der Waals surface area contributed by atoms with Gasteiger partial charge in [-0.15, -0.1) is 0 Å². The highest BCUT2D eigenvalue weighted by Gasteiger charge is 2.37. The predicted molar refractivity (Wildman–Crippen MR) is 84.2 cm³/mol. The molecule has 2 saturated carbocycles. The van der Waals surface area contributed by atoms with Crippen molar-refractivity contribution in [1.29, 1.82) is 0 Å². The topological polar surface area (TPSA) is 37.3 Å². The van der Waals surface area contributed by atoms with Gasteiger partial charge in [-0.05, 0) is 43.6 Å². The first-order valence-electron chi connectivity index (χ1n) is 8.46. The molecular weight excluding hydrogens is 260 g/mol. The smallest absolute Gasteiger partial charge is 0.136 e. The minimum Gasteiger partial charge on any atom is -0.390 e. The molecule has 2 fully saturated rings. The fraction of sp³-hybridized carbons (Fsp3) is 0.632. The lowest BCUT2D eigenvalue weighted by Gasteiger charge is -2.37. The lowest BCUT2D eigenvalue weighted by molar-refractivity contribution is -0.128. The van der Waals surface area contributed by atoms with Crippen molar-refractivity contribution in [3.8, 4) is 0 Å². The van der Waals surface area contributed by atoms with Gasteiger partial charge in [0, 0.05) is 12.3 Å². The first-order valence-corrected chi connectivity index (χ1v) is 8.46. The van der Waals surface area contributed by atoms with Crippen LogP contribution in [0.3, 0.4) is 0 Å². The Hall–Kier alpha value is -1.15.